The van der Waals surface area contributed by atoms with Gasteiger partial charge in [0.25, 0.3) is 0 Å². The molecule has 0 aromatic carbocycles. The van der Waals surface area contributed by atoms with Crippen molar-refractivity contribution in [3.05, 3.63) is 0 Å². The lowest BCUT2D eigenvalue weighted by atomic mass is 10.0. The van der Waals surface area contributed by atoms with Crippen molar-refractivity contribution in [2.45, 2.75) is 39.3 Å². The fourth-order valence-electron chi connectivity index (χ4n) is 2.73. The molecule has 0 aliphatic carbocycles. The molecule has 7 heteroatoms. The molecular formula is C17H38IN5O. The Balaban J connectivity index is 0.00000529. The smallest absolute Gasteiger partial charge is 0.191 e. The number of nitrogens with zero attached hydrogens (tertiary/aromatic N) is 3. The number of aliphatic imine (C=N–C) groups is 1. The highest BCUT2D eigenvalue weighted by Gasteiger charge is 2.25. The molecule has 24 heavy (non-hydrogen) atoms. The first kappa shape index (κ1) is 23.9. The summed E-state index contributed by atoms with van der Waals surface area (Å²) in [5, 5.41) is 6.84. The van der Waals surface area contributed by atoms with Gasteiger partial charge in [-0.25, -0.2) is 0 Å². The molecule has 0 saturated carbocycles. The maximum absolute atomic E-state index is 5.44. The quantitative estimate of drug-likeness (QED) is 0.346. The average molecular weight is 455 g/mol. The summed E-state index contributed by atoms with van der Waals surface area (Å²) in [5.41, 5.74) is -0.202. The number of ether oxygens (including phenoxy) is 1. The second-order valence-electron chi connectivity index (χ2n) is 7.42. The maximum atomic E-state index is 5.44. The predicted octanol–water partition coefficient (Wildman–Crippen LogP) is 1.47. The third-order valence-electron chi connectivity index (χ3n) is 4.71. The fraction of sp³-hybridized carbons (Fsp3) is 0.941. The van der Waals surface area contributed by atoms with E-state index < -0.39 is 0 Å². The molecule has 0 radical (unpaired) electrons. The number of guanidine groups is 1. The Hall–Kier alpha value is -0.120. The van der Waals surface area contributed by atoms with Crippen LogP contribution in [-0.2, 0) is 4.74 Å². The maximum Gasteiger partial charge on any atom is 0.191 e. The third kappa shape index (κ3) is 8.31. The van der Waals surface area contributed by atoms with E-state index in [1.54, 1.807) is 7.11 Å². The van der Waals surface area contributed by atoms with E-state index in [0.717, 1.165) is 45.2 Å². The molecule has 1 heterocycles. The van der Waals surface area contributed by atoms with Crippen LogP contribution in [0, 0.1) is 5.92 Å². The van der Waals surface area contributed by atoms with Gasteiger partial charge in [0.1, 0.15) is 0 Å². The summed E-state index contributed by atoms with van der Waals surface area (Å²) in [6, 6.07) is 0.526. The van der Waals surface area contributed by atoms with Gasteiger partial charge in [-0.05, 0) is 26.8 Å². The van der Waals surface area contributed by atoms with Crippen LogP contribution in [0.1, 0.15) is 27.7 Å². The Labute approximate surface area is 165 Å². The molecule has 1 fully saturated rings. The Morgan fingerprint density at radius 2 is 1.75 bits per heavy atom. The van der Waals surface area contributed by atoms with Crippen molar-refractivity contribution in [2.24, 2.45) is 10.9 Å². The Bertz CT molecular complexity index is 368. The number of halogens is 1. The van der Waals surface area contributed by atoms with E-state index in [0.29, 0.717) is 12.0 Å². The summed E-state index contributed by atoms with van der Waals surface area (Å²) in [4.78, 5) is 9.32. The lowest BCUT2D eigenvalue weighted by Gasteiger charge is -2.40. The van der Waals surface area contributed by atoms with Crippen LogP contribution in [0.3, 0.4) is 0 Å². The summed E-state index contributed by atoms with van der Waals surface area (Å²) >= 11 is 0. The van der Waals surface area contributed by atoms with Crippen molar-refractivity contribution >= 4 is 29.9 Å². The number of methoxy groups -OCH3 is 1. The zero-order valence-corrected chi connectivity index (χ0v) is 18.9. The van der Waals surface area contributed by atoms with Gasteiger partial charge in [-0.2, -0.15) is 0 Å². The summed E-state index contributed by atoms with van der Waals surface area (Å²) in [6.07, 6.45) is 0. The Morgan fingerprint density at radius 1 is 1.17 bits per heavy atom. The van der Waals surface area contributed by atoms with Gasteiger partial charge in [0.05, 0.1) is 5.60 Å². The van der Waals surface area contributed by atoms with Crippen molar-refractivity contribution in [3.63, 3.8) is 0 Å². The van der Waals surface area contributed by atoms with Gasteiger partial charge >= 0.3 is 0 Å². The molecule has 1 rings (SSSR count). The van der Waals surface area contributed by atoms with Gasteiger partial charge in [-0.1, -0.05) is 13.8 Å². The number of piperazine rings is 1. The van der Waals surface area contributed by atoms with Crippen LogP contribution >= 0.6 is 24.0 Å². The first-order valence-electron chi connectivity index (χ1n) is 8.71. The zero-order valence-electron chi connectivity index (χ0n) is 16.6. The molecule has 144 valence electrons. The largest absolute Gasteiger partial charge is 0.377 e. The predicted molar refractivity (Wildman–Crippen MR) is 114 cm³/mol. The fourth-order valence-corrected chi connectivity index (χ4v) is 2.73. The molecule has 1 aliphatic rings. The number of hydrogen-bond acceptors (Lipinski definition) is 4. The lowest BCUT2D eigenvalue weighted by molar-refractivity contribution is 0.0267. The van der Waals surface area contributed by atoms with E-state index in [-0.39, 0.29) is 29.6 Å². The standard InChI is InChI=1S/C17H37N5O.HI/c1-14(2)15(22-10-8-21(6)9-11-22)12-19-16(18-5)20-13-17(3,4)23-7;/h14-15H,8-13H2,1-7H3,(H2,18,19,20);1H. The molecule has 0 aromatic heterocycles. The van der Waals surface area contributed by atoms with Crippen LogP contribution in [0.2, 0.25) is 0 Å². The Kier molecular flexibility index (Phi) is 11.4. The molecule has 0 bridgehead atoms. The topological polar surface area (TPSA) is 52.1 Å². The van der Waals surface area contributed by atoms with Crippen molar-refractivity contribution in [1.82, 2.24) is 20.4 Å². The van der Waals surface area contributed by atoms with Crippen LogP contribution in [-0.4, -0.2) is 87.9 Å². The highest BCUT2D eigenvalue weighted by Crippen LogP contribution is 2.13. The number of rotatable bonds is 7. The van der Waals surface area contributed by atoms with Crippen LogP contribution in [0.5, 0.6) is 0 Å². The summed E-state index contributed by atoms with van der Waals surface area (Å²) in [5.74, 6) is 1.45. The number of nitrogens with one attached hydrogen (secondary N) is 2. The molecule has 0 aromatic rings. The van der Waals surface area contributed by atoms with Gasteiger partial charge in [0.15, 0.2) is 5.96 Å². The molecule has 2 N–H and O–H groups in total. The van der Waals surface area contributed by atoms with Crippen molar-refractivity contribution in [3.8, 4) is 0 Å². The zero-order chi connectivity index (χ0) is 17.5. The normalized spacial score (nSPS) is 19.1. The van der Waals surface area contributed by atoms with Crippen molar-refractivity contribution < 1.29 is 4.74 Å². The van der Waals surface area contributed by atoms with Gasteiger partial charge in [0.2, 0.25) is 0 Å². The third-order valence-corrected chi connectivity index (χ3v) is 4.71. The van der Waals surface area contributed by atoms with E-state index in [1.807, 2.05) is 7.05 Å². The van der Waals surface area contributed by atoms with E-state index >= 15 is 0 Å². The minimum absolute atomic E-state index is 0. The van der Waals surface area contributed by atoms with E-state index in [4.69, 9.17) is 4.74 Å². The van der Waals surface area contributed by atoms with Crippen molar-refractivity contribution in [2.75, 3.05) is 60.5 Å². The van der Waals surface area contributed by atoms with Crippen LogP contribution in [0.25, 0.3) is 0 Å². The van der Waals surface area contributed by atoms with Crippen molar-refractivity contribution in [1.29, 1.82) is 0 Å². The van der Waals surface area contributed by atoms with Crippen LogP contribution in [0.4, 0.5) is 0 Å². The van der Waals surface area contributed by atoms with Gasteiger partial charge in [-0.3, -0.25) is 9.89 Å². The van der Waals surface area contributed by atoms with Gasteiger partial charge in [-0.15, -0.1) is 24.0 Å². The molecule has 1 unspecified atom stereocenters. The first-order chi connectivity index (χ1) is 10.8. The average Bonchev–Trinajstić information content (AvgIpc) is 2.51. The van der Waals surface area contributed by atoms with E-state index in [1.165, 1.54) is 0 Å². The minimum Gasteiger partial charge on any atom is -0.377 e. The Morgan fingerprint density at radius 3 is 2.21 bits per heavy atom. The minimum atomic E-state index is -0.202. The summed E-state index contributed by atoms with van der Waals surface area (Å²) in [7, 11) is 5.75. The second kappa shape index (κ2) is 11.5. The van der Waals surface area contributed by atoms with Crippen LogP contribution < -0.4 is 10.6 Å². The second-order valence-corrected chi connectivity index (χ2v) is 7.42. The molecule has 0 amide bonds. The van der Waals surface area contributed by atoms with E-state index in [2.05, 4.69) is 60.2 Å². The number of likely N-dealkylation sites (N-methyl/N-ethyl adjacent to an activating group) is 1. The molecule has 0 spiro atoms. The highest BCUT2D eigenvalue weighted by molar-refractivity contribution is 14.0. The van der Waals surface area contributed by atoms with Gasteiger partial charge in [0, 0.05) is 59.5 Å². The number of hydrogen-bond donors (Lipinski definition) is 2. The SMILES string of the molecule is CN=C(NCC(C(C)C)N1CCN(C)CC1)NCC(C)(C)OC.I. The molecular weight excluding hydrogens is 417 g/mol. The van der Waals surface area contributed by atoms with Gasteiger partial charge < -0.3 is 20.3 Å². The first-order valence-corrected chi connectivity index (χ1v) is 8.71. The molecule has 1 atom stereocenters. The highest BCUT2D eigenvalue weighted by atomic mass is 127. The summed E-state index contributed by atoms with van der Waals surface area (Å²) in [6.45, 7) is 15.0. The molecule has 1 aliphatic heterocycles. The monoisotopic (exact) mass is 455 g/mol. The van der Waals surface area contributed by atoms with E-state index in [9.17, 15) is 0 Å². The molecule has 1 saturated heterocycles. The molecule has 6 nitrogen and oxygen atoms in total. The lowest BCUT2D eigenvalue weighted by Crippen LogP contribution is -2.55. The van der Waals surface area contributed by atoms with Crippen LogP contribution in [0.15, 0.2) is 4.99 Å². The summed E-state index contributed by atoms with van der Waals surface area (Å²) < 4.78 is 5.44.